The van der Waals surface area contributed by atoms with Crippen molar-refractivity contribution in [2.75, 3.05) is 0 Å². The van der Waals surface area contributed by atoms with Crippen LogP contribution >= 0.6 is 0 Å². The van der Waals surface area contributed by atoms with Gasteiger partial charge in [-0.15, -0.1) is 0 Å². The fourth-order valence-electron chi connectivity index (χ4n) is 2.81. The van der Waals surface area contributed by atoms with Crippen molar-refractivity contribution in [3.05, 3.63) is 35.4 Å². The van der Waals surface area contributed by atoms with Gasteiger partial charge in [0.05, 0.1) is 11.6 Å². The fourth-order valence-corrected chi connectivity index (χ4v) is 2.81. The Hall–Kier alpha value is -1.33. The van der Waals surface area contributed by atoms with Crippen LogP contribution in [0.4, 0.5) is 0 Å². The van der Waals surface area contributed by atoms with Crippen LogP contribution in [0.3, 0.4) is 0 Å². The van der Waals surface area contributed by atoms with Crippen LogP contribution in [0.1, 0.15) is 44.2 Å². The zero-order valence-corrected chi connectivity index (χ0v) is 10.7. The molecule has 17 heavy (non-hydrogen) atoms. The molecule has 2 heteroatoms. The summed E-state index contributed by atoms with van der Waals surface area (Å²) in [5, 5.41) is 9.11. The molecule has 0 bridgehead atoms. The molecule has 2 rings (SSSR count). The highest BCUT2D eigenvalue weighted by Gasteiger charge is 2.29. The molecule has 0 saturated carbocycles. The summed E-state index contributed by atoms with van der Waals surface area (Å²) in [7, 11) is 0. The molecule has 1 saturated heterocycles. The van der Waals surface area contributed by atoms with Gasteiger partial charge in [0.15, 0.2) is 0 Å². The first-order chi connectivity index (χ1) is 8.26. The SMILES string of the molecule is CCC1CCC(C)N1Cc1ccccc1C#N. The molecule has 0 N–H and O–H groups in total. The van der Waals surface area contributed by atoms with Gasteiger partial charge >= 0.3 is 0 Å². The number of hydrogen-bond acceptors (Lipinski definition) is 2. The van der Waals surface area contributed by atoms with Crippen LogP contribution in [0.25, 0.3) is 0 Å². The molecule has 0 spiro atoms. The number of nitrogens with zero attached hydrogens (tertiary/aromatic N) is 2. The van der Waals surface area contributed by atoms with E-state index in [-0.39, 0.29) is 0 Å². The van der Waals surface area contributed by atoms with Gasteiger partial charge in [0.2, 0.25) is 0 Å². The minimum atomic E-state index is 0.645. The molecule has 2 unspecified atom stereocenters. The Bertz CT molecular complexity index is 419. The third-order valence-electron chi connectivity index (χ3n) is 3.91. The second-order valence-electron chi connectivity index (χ2n) is 4.93. The minimum absolute atomic E-state index is 0.645. The first kappa shape index (κ1) is 12.1. The van der Waals surface area contributed by atoms with Gasteiger partial charge in [-0.2, -0.15) is 5.26 Å². The normalized spacial score (nSPS) is 24.8. The zero-order chi connectivity index (χ0) is 12.3. The Morgan fingerprint density at radius 2 is 2.12 bits per heavy atom. The predicted molar refractivity (Wildman–Crippen MR) is 69.5 cm³/mol. The lowest BCUT2D eigenvalue weighted by Gasteiger charge is -2.28. The molecule has 0 aliphatic carbocycles. The molecule has 90 valence electrons. The predicted octanol–water partition coefficient (Wildman–Crippen LogP) is 3.32. The third-order valence-corrected chi connectivity index (χ3v) is 3.91. The van der Waals surface area contributed by atoms with Crippen LogP contribution in [0.15, 0.2) is 24.3 Å². The first-order valence-corrected chi connectivity index (χ1v) is 6.50. The number of nitriles is 1. The van der Waals surface area contributed by atoms with E-state index < -0.39 is 0 Å². The van der Waals surface area contributed by atoms with Gasteiger partial charge in [-0.1, -0.05) is 25.1 Å². The summed E-state index contributed by atoms with van der Waals surface area (Å²) in [6, 6.07) is 11.6. The van der Waals surface area contributed by atoms with E-state index in [1.54, 1.807) is 0 Å². The third kappa shape index (κ3) is 2.50. The highest BCUT2D eigenvalue weighted by Crippen LogP contribution is 2.28. The molecule has 1 aliphatic heterocycles. The summed E-state index contributed by atoms with van der Waals surface area (Å²) in [5.41, 5.74) is 1.99. The van der Waals surface area contributed by atoms with Gasteiger partial charge in [-0.25, -0.2) is 0 Å². The molecule has 0 aromatic heterocycles. The second-order valence-corrected chi connectivity index (χ2v) is 4.93. The number of benzene rings is 1. The van der Waals surface area contributed by atoms with Crippen molar-refractivity contribution in [2.45, 2.75) is 51.7 Å². The lowest BCUT2D eigenvalue weighted by Crippen LogP contribution is -2.33. The number of hydrogen-bond donors (Lipinski definition) is 0. The summed E-state index contributed by atoms with van der Waals surface area (Å²) >= 11 is 0. The Labute approximate surface area is 104 Å². The molecule has 1 aromatic rings. The van der Waals surface area contributed by atoms with E-state index in [4.69, 9.17) is 5.26 Å². The molecule has 1 aliphatic rings. The van der Waals surface area contributed by atoms with E-state index in [1.165, 1.54) is 24.8 Å². The molecule has 1 aromatic carbocycles. The molecule has 1 heterocycles. The Balaban J connectivity index is 2.17. The lowest BCUT2D eigenvalue weighted by molar-refractivity contribution is 0.189. The van der Waals surface area contributed by atoms with Gasteiger partial charge < -0.3 is 0 Å². The van der Waals surface area contributed by atoms with Gasteiger partial charge in [0, 0.05) is 18.6 Å². The van der Waals surface area contributed by atoms with Crippen LogP contribution in [-0.4, -0.2) is 17.0 Å². The maximum absolute atomic E-state index is 9.11. The average molecular weight is 228 g/mol. The lowest BCUT2D eigenvalue weighted by atomic mass is 10.1. The van der Waals surface area contributed by atoms with Crippen LogP contribution in [-0.2, 0) is 6.54 Å². The van der Waals surface area contributed by atoms with Gasteiger partial charge in [-0.3, -0.25) is 4.90 Å². The Morgan fingerprint density at radius 1 is 1.35 bits per heavy atom. The quantitative estimate of drug-likeness (QED) is 0.793. The minimum Gasteiger partial charge on any atom is -0.293 e. The van der Waals surface area contributed by atoms with Gasteiger partial charge in [-0.05, 0) is 37.8 Å². The van der Waals surface area contributed by atoms with Crippen molar-refractivity contribution in [1.29, 1.82) is 5.26 Å². The summed E-state index contributed by atoms with van der Waals surface area (Å²) < 4.78 is 0. The van der Waals surface area contributed by atoms with Crippen LogP contribution < -0.4 is 0 Å². The molecular weight excluding hydrogens is 208 g/mol. The van der Waals surface area contributed by atoms with Crippen molar-refractivity contribution in [1.82, 2.24) is 4.90 Å². The van der Waals surface area contributed by atoms with E-state index in [9.17, 15) is 0 Å². The largest absolute Gasteiger partial charge is 0.293 e. The summed E-state index contributed by atoms with van der Waals surface area (Å²) in [6.45, 7) is 5.47. The smallest absolute Gasteiger partial charge is 0.0995 e. The molecule has 0 radical (unpaired) electrons. The maximum atomic E-state index is 9.11. The number of rotatable bonds is 3. The van der Waals surface area contributed by atoms with E-state index in [1.807, 2.05) is 18.2 Å². The van der Waals surface area contributed by atoms with Crippen LogP contribution in [0.2, 0.25) is 0 Å². The molecule has 2 nitrogen and oxygen atoms in total. The standard InChI is InChI=1S/C15H20N2/c1-3-15-9-8-12(2)17(15)11-14-7-5-4-6-13(14)10-16/h4-7,12,15H,3,8-9,11H2,1-2H3. The molecule has 2 atom stereocenters. The highest BCUT2D eigenvalue weighted by atomic mass is 15.2. The zero-order valence-electron chi connectivity index (χ0n) is 10.7. The molecular formula is C15H20N2. The number of likely N-dealkylation sites (tertiary alicyclic amines) is 1. The average Bonchev–Trinajstić information content (AvgIpc) is 2.71. The van der Waals surface area contributed by atoms with Crippen molar-refractivity contribution in [3.8, 4) is 6.07 Å². The van der Waals surface area contributed by atoms with Crippen molar-refractivity contribution >= 4 is 0 Å². The van der Waals surface area contributed by atoms with Crippen molar-refractivity contribution in [3.63, 3.8) is 0 Å². The first-order valence-electron chi connectivity index (χ1n) is 6.50. The van der Waals surface area contributed by atoms with E-state index >= 15 is 0 Å². The fraction of sp³-hybridized carbons (Fsp3) is 0.533. The summed E-state index contributed by atoms with van der Waals surface area (Å²) in [4.78, 5) is 2.55. The molecule has 1 fully saturated rings. The van der Waals surface area contributed by atoms with E-state index in [0.29, 0.717) is 12.1 Å². The second kappa shape index (κ2) is 5.33. The highest BCUT2D eigenvalue weighted by molar-refractivity contribution is 5.37. The van der Waals surface area contributed by atoms with E-state index in [0.717, 1.165) is 12.1 Å². The van der Waals surface area contributed by atoms with Crippen LogP contribution in [0, 0.1) is 11.3 Å². The van der Waals surface area contributed by atoms with Crippen molar-refractivity contribution in [2.24, 2.45) is 0 Å². The van der Waals surface area contributed by atoms with Crippen LogP contribution in [0.5, 0.6) is 0 Å². The molecule has 0 amide bonds. The van der Waals surface area contributed by atoms with Gasteiger partial charge in [0.1, 0.15) is 0 Å². The topological polar surface area (TPSA) is 27.0 Å². The maximum Gasteiger partial charge on any atom is 0.0995 e. The van der Waals surface area contributed by atoms with E-state index in [2.05, 4.69) is 30.9 Å². The summed E-state index contributed by atoms with van der Waals surface area (Å²) in [5.74, 6) is 0. The Morgan fingerprint density at radius 3 is 2.82 bits per heavy atom. The monoisotopic (exact) mass is 228 g/mol. The van der Waals surface area contributed by atoms with Crippen molar-refractivity contribution < 1.29 is 0 Å². The van der Waals surface area contributed by atoms with Gasteiger partial charge in [0.25, 0.3) is 0 Å². The Kier molecular flexibility index (Phi) is 3.81. The summed E-state index contributed by atoms with van der Waals surface area (Å²) in [6.07, 6.45) is 3.79.